The quantitative estimate of drug-likeness (QED) is 0.788. The molecule has 2 aliphatic rings. The molecule has 1 aromatic carbocycles. The zero-order chi connectivity index (χ0) is 16.0. The average Bonchev–Trinajstić information content (AvgIpc) is 2.78. The molecule has 6 heteroatoms. The molecule has 0 saturated carbocycles. The van der Waals surface area contributed by atoms with Gasteiger partial charge in [-0.15, -0.1) is 0 Å². The van der Waals surface area contributed by atoms with Crippen molar-refractivity contribution in [1.82, 2.24) is 0 Å². The molecule has 0 aliphatic carbocycles. The van der Waals surface area contributed by atoms with Gasteiger partial charge in [-0.2, -0.15) is 8.78 Å². The van der Waals surface area contributed by atoms with Crippen LogP contribution in [0.4, 0.5) is 8.78 Å². The Morgan fingerprint density at radius 2 is 1.77 bits per heavy atom. The van der Waals surface area contributed by atoms with E-state index in [2.05, 4.69) is 0 Å². The van der Waals surface area contributed by atoms with Gasteiger partial charge in [0, 0.05) is 6.08 Å². The van der Waals surface area contributed by atoms with Crippen LogP contribution in [0.1, 0.15) is 25.5 Å². The van der Waals surface area contributed by atoms with Gasteiger partial charge in [-0.1, -0.05) is 30.3 Å². The van der Waals surface area contributed by atoms with E-state index in [0.717, 1.165) is 6.08 Å². The number of halogens is 2. The first-order valence-electron chi connectivity index (χ1n) is 6.97. The average molecular weight is 310 g/mol. The van der Waals surface area contributed by atoms with E-state index < -0.39 is 36.0 Å². The van der Waals surface area contributed by atoms with Crippen LogP contribution in [-0.2, 0) is 19.0 Å². The van der Waals surface area contributed by atoms with E-state index >= 15 is 0 Å². The molecule has 0 aromatic heterocycles. The van der Waals surface area contributed by atoms with Crippen molar-refractivity contribution in [1.29, 1.82) is 0 Å². The zero-order valence-electron chi connectivity index (χ0n) is 12.2. The third-order valence-electron chi connectivity index (χ3n) is 3.62. The summed E-state index contributed by atoms with van der Waals surface area (Å²) in [6, 6.07) is 8.91. The van der Waals surface area contributed by atoms with E-state index in [1.54, 1.807) is 38.1 Å². The van der Waals surface area contributed by atoms with Crippen LogP contribution in [0.25, 0.3) is 0 Å². The van der Waals surface area contributed by atoms with E-state index in [9.17, 15) is 13.6 Å². The van der Waals surface area contributed by atoms with Crippen LogP contribution in [-0.4, -0.2) is 29.9 Å². The lowest BCUT2D eigenvalue weighted by Crippen LogP contribution is -2.49. The van der Waals surface area contributed by atoms with Crippen LogP contribution in [0.15, 0.2) is 42.5 Å². The molecule has 2 heterocycles. The molecule has 3 rings (SSSR count). The minimum absolute atomic E-state index is 0.556. The third kappa shape index (κ3) is 2.76. The van der Waals surface area contributed by atoms with Crippen molar-refractivity contribution in [2.75, 3.05) is 0 Å². The minimum atomic E-state index is -3.31. The van der Waals surface area contributed by atoms with Crippen molar-refractivity contribution < 1.29 is 27.8 Å². The van der Waals surface area contributed by atoms with Gasteiger partial charge in [0.05, 0.1) is 0 Å². The Morgan fingerprint density at radius 3 is 2.45 bits per heavy atom. The fraction of sp³-hybridized carbons (Fsp3) is 0.438. The summed E-state index contributed by atoms with van der Waals surface area (Å²) in [5, 5.41) is 0. The van der Waals surface area contributed by atoms with Crippen LogP contribution in [0.3, 0.4) is 0 Å². The van der Waals surface area contributed by atoms with Crippen molar-refractivity contribution in [2.45, 2.75) is 43.9 Å². The van der Waals surface area contributed by atoms with Crippen LogP contribution in [0.2, 0.25) is 0 Å². The Morgan fingerprint density at radius 1 is 1.09 bits per heavy atom. The van der Waals surface area contributed by atoms with Gasteiger partial charge in [0.15, 0.2) is 11.9 Å². The molecule has 0 spiro atoms. The number of benzene rings is 1. The standard InChI is InChI=1S/C16H16F2O4/c1-15(2)21-12(10-6-4-3-5-7-10)13(22-15)14-16(17,18)9-8-11(19)20-14/h3-9,12-14H,1-2H3/t12-,13+,14+/m1/s1. The Labute approximate surface area is 126 Å². The molecule has 1 fully saturated rings. The van der Waals surface area contributed by atoms with Crippen LogP contribution < -0.4 is 0 Å². The van der Waals surface area contributed by atoms with Gasteiger partial charge in [0.25, 0.3) is 0 Å². The summed E-state index contributed by atoms with van der Waals surface area (Å²) in [6.07, 6.45) is -2.28. The third-order valence-corrected chi connectivity index (χ3v) is 3.62. The van der Waals surface area contributed by atoms with Crippen LogP contribution in [0.5, 0.6) is 0 Å². The molecule has 0 amide bonds. The Kier molecular flexibility index (Phi) is 3.53. The number of rotatable bonds is 2. The second-order valence-electron chi connectivity index (χ2n) is 5.80. The van der Waals surface area contributed by atoms with Crippen molar-refractivity contribution in [3.05, 3.63) is 48.0 Å². The van der Waals surface area contributed by atoms with E-state index in [4.69, 9.17) is 14.2 Å². The van der Waals surface area contributed by atoms with Gasteiger partial charge in [-0.25, -0.2) is 4.79 Å². The number of esters is 1. The van der Waals surface area contributed by atoms with Gasteiger partial charge in [0.1, 0.15) is 12.2 Å². The fourth-order valence-corrected chi connectivity index (χ4v) is 2.71. The molecule has 0 radical (unpaired) electrons. The number of ether oxygens (including phenoxy) is 3. The molecule has 1 aromatic rings. The first kappa shape index (κ1) is 15.1. The SMILES string of the molecule is CC1(C)O[C@H]([C@@H]2OC(=O)C=CC2(F)F)[C@@H](c2ccccc2)O1. The lowest BCUT2D eigenvalue weighted by Gasteiger charge is -2.32. The second-order valence-corrected chi connectivity index (χ2v) is 5.80. The summed E-state index contributed by atoms with van der Waals surface area (Å²) in [4.78, 5) is 11.4. The van der Waals surface area contributed by atoms with Crippen LogP contribution in [0, 0.1) is 0 Å². The van der Waals surface area contributed by atoms with Crippen molar-refractivity contribution in [2.24, 2.45) is 0 Å². The Balaban J connectivity index is 1.96. The smallest absolute Gasteiger partial charge is 0.331 e. The number of cyclic esters (lactones) is 1. The molecular formula is C16H16F2O4. The lowest BCUT2D eigenvalue weighted by molar-refractivity contribution is -0.198. The topological polar surface area (TPSA) is 44.8 Å². The maximum Gasteiger partial charge on any atom is 0.331 e. The Hall–Kier alpha value is -1.79. The normalized spacial score (nSPS) is 32.7. The molecule has 3 atom stereocenters. The number of hydrogen-bond acceptors (Lipinski definition) is 4. The van der Waals surface area contributed by atoms with E-state index in [1.807, 2.05) is 6.07 Å². The number of alkyl halides is 2. The largest absolute Gasteiger partial charge is 0.449 e. The number of carbonyl (C=O) groups excluding carboxylic acids is 1. The highest BCUT2D eigenvalue weighted by Crippen LogP contribution is 2.44. The molecule has 0 N–H and O–H groups in total. The molecule has 22 heavy (non-hydrogen) atoms. The highest BCUT2D eigenvalue weighted by molar-refractivity contribution is 5.83. The summed E-state index contributed by atoms with van der Waals surface area (Å²) in [5.74, 6) is -5.17. The molecular weight excluding hydrogens is 294 g/mol. The van der Waals surface area contributed by atoms with Gasteiger partial charge < -0.3 is 14.2 Å². The summed E-state index contributed by atoms with van der Waals surface area (Å²) in [6.45, 7) is 3.28. The Bertz CT molecular complexity index is 597. The van der Waals surface area contributed by atoms with E-state index in [1.165, 1.54) is 0 Å². The molecule has 1 saturated heterocycles. The first-order valence-corrected chi connectivity index (χ1v) is 6.97. The summed E-state index contributed by atoms with van der Waals surface area (Å²) < 4.78 is 44.5. The monoisotopic (exact) mass is 310 g/mol. The molecule has 0 bridgehead atoms. The van der Waals surface area contributed by atoms with E-state index in [0.29, 0.717) is 11.6 Å². The van der Waals surface area contributed by atoms with Gasteiger partial charge in [-0.05, 0) is 25.5 Å². The first-order chi connectivity index (χ1) is 10.3. The maximum atomic E-state index is 14.1. The molecule has 2 aliphatic heterocycles. The molecule has 118 valence electrons. The second kappa shape index (κ2) is 5.14. The minimum Gasteiger partial charge on any atom is -0.449 e. The summed E-state index contributed by atoms with van der Waals surface area (Å²) in [7, 11) is 0. The highest BCUT2D eigenvalue weighted by atomic mass is 19.3. The van der Waals surface area contributed by atoms with Crippen molar-refractivity contribution in [3.8, 4) is 0 Å². The summed E-state index contributed by atoms with van der Waals surface area (Å²) in [5.41, 5.74) is 0.694. The van der Waals surface area contributed by atoms with Crippen LogP contribution >= 0.6 is 0 Å². The van der Waals surface area contributed by atoms with Gasteiger partial charge >= 0.3 is 11.9 Å². The van der Waals surface area contributed by atoms with Gasteiger partial charge in [0.2, 0.25) is 0 Å². The molecule has 4 nitrogen and oxygen atoms in total. The number of hydrogen-bond donors (Lipinski definition) is 0. The van der Waals surface area contributed by atoms with E-state index in [-0.39, 0.29) is 0 Å². The lowest BCUT2D eigenvalue weighted by atomic mass is 9.95. The fourth-order valence-electron chi connectivity index (χ4n) is 2.71. The summed E-state index contributed by atoms with van der Waals surface area (Å²) >= 11 is 0. The van der Waals surface area contributed by atoms with Crippen molar-refractivity contribution >= 4 is 5.97 Å². The highest BCUT2D eigenvalue weighted by Gasteiger charge is 2.56. The predicted octanol–water partition coefficient (Wildman–Crippen LogP) is 3.00. The van der Waals surface area contributed by atoms with Crippen molar-refractivity contribution in [3.63, 3.8) is 0 Å². The predicted molar refractivity (Wildman–Crippen MR) is 73.2 cm³/mol. The zero-order valence-corrected chi connectivity index (χ0v) is 12.2. The van der Waals surface area contributed by atoms with Gasteiger partial charge in [-0.3, -0.25) is 0 Å². The maximum absolute atomic E-state index is 14.1. The number of carbonyl (C=O) groups is 1. The molecule has 0 unspecified atom stereocenters.